The molecule has 19 heavy (non-hydrogen) atoms. The fraction of sp³-hybridized carbons (Fsp3) is 0.538. The number of nitrogens with zero attached hydrogens (tertiary/aromatic N) is 1. The molecular weight excluding hydrogens is 266 g/mol. The maximum Gasteiger partial charge on any atom is 0.243 e. The van der Waals surface area contributed by atoms with Crippen LogP contribution in [-0.2, 0) is 14.8 Å². The highest BCUT2D eigenvalue weighted by Crippen LogP contribution is 2.40. The third-order valence-corrected chi connectivity index (χ3v) is 5.63. The Morgan fingerprint density at radius 3 is 2.47 bits per heavy atom. The number of ether oxygens (including phenoxy) is 2. The van der Waals surface area contributed by atoms with E-state index in [2.05, 4.69) is 0 Å². The van der Waals surface area contributed by atoms with Crippen LogP contribution in [0.15, 0.2) is 23.1 Å². The minimum absolute atomic E-state index is 0.0919. The summed E-state index contributed by atoms with van der Waals surface area (Å²) in [6.07, 6.45) is 0. The molecule has 5 nitrogen and oxygen atoms in total. The maximum absolute atomic E-state index is 12.4. The Hall–Kier alpha value is -1.11. The second-order valence-electron chi connectivity index (χ2n) is 5.40. The van der Waals surface area contributed by atoms with Crippen LogP contribution in [0.25, 0.3) is 0 Å². The first kappa shape index (κ1) is 12.9. The number of hydrogen-bond acceptors (Lipinski definition) is 4. The summed E-state index contributed by atoms with van der Waals surface area (Å²) in [6.45, 7) is 4.34. The zero-order valence-electron chi connectivity index (χ0n) is 11.0. The van der Waals surface area contributed by atoms with E-state index in [1.54, 1.807) is 25.3 Å². The monoisotopic (exact) mass is 283 g/mol. The van der Waals surface area contributed by atoms with Gasteiger partial charge in [0.2, 0.25) is 10.0 Å². The van der Waals surface area contributed by atoms with E-state index >= 15 is 0 Å². The van der Waals surface area contributed by atoms with Gasteiger partial charge in [0, 0.05) is 18.5 Å². The van der Waals surface area contributed by atoms with Gasteiger partial charge in [-0.1, -0.05) is 0 Å². The predicted octanol–water partition coefficient (Wildman–Crippen LogP) is 1.02. The SMILES string of the molecule is COc1ccc(S(=O)(=O)N2CC3(COC3)C2)cc1C. The van der Waals surface area contributed by atoms with E-state index in [9.17, 15) is 8.42 Å². The molecular formula is C13H17NO4S. The fourth-order valence-electron chi connectivity index (χ4n) is 2.61. The highest BCUT2D eigenvalue weighted by Gasteiger charge is 2.53. The van der Waals surface area contributed by atoms with Gasteiger partial charge in [-0.15, -0.1) is 0 Å². The van der Waals surface area contributed by atoms with Crippen molar-refractivity contribution in [1.82, 2.24) is 4.31 Å². The minimum Gasteiger partial charge on any atom is -0.496 e. The number of hydrogen-bond donors (Lipinski definition) is 0. The lowest BCUT2D eigenvalue weighted by Gasteiger charge is -2.53. The summed E-state index contributed by atoms with van der Waals surface area (Å²) in [4.78, 5) is 0.334. The highest BCUT2D eigenvalue weighted by molar-refractivity contribution is 7.89. The van der Waals surface area contributed by atoms with Crippen molar-refractivity contribution in [2.75, 3.05) is 33.4 Å². The molecule has 2 fully saturated rings. The van der Waals surface area contributed by atoms with Crippen LogP contribution < -0.4 is 4.74 Å². The van der Waals surface area contributed by atoms with Crippen molar-refractivity contribution in [2.45, 2.75) is 11.8 Å². The third-order valence-electron chi connectivity index (χ3n) is 3.84. The van der Waals surface area contributed by atoms with Crippen LogP contribution in [0.2, 0.25) is 0 Å². The smallest absolute Gasteiger partial charge is 0.243 e. The lowest BCUT2D eigenvalue weighted by molar-refractivity contribution is -0.166. The maximum atomic E-state index is 12.4. The summed E-state index contributed by atoms with van der Waals surface area (Å²) < 4.78 is 36.7. The van der Waals surface area contributed by atoms with Gasteiger partial charge in [0.15, 0.2) is 0 Å². The molecule has 2 aliphatic rings. The van der Waals surface area contributed by atoms with Gasteiger partial charge in [-0.05, 0) is 30.7 Å². The number of methoxy groups -OCH3 is 1. The molecule has 0 atom stereocenters. The summed E-state index contributed by atoms with van der Waals surface area (Å²) >= 11 is 0. The molecule has 3 rings (SSSR count). The third kappa shape index (κ3) is 1.94. The van der Waals surface area contributed by atoms with Crippen LogP contribution >= 0.6 is 0 Å². The van der Waals surface area contributed by atoms with E-state index in [0.29, 0.717) is 36.9 Å². The Morgan fingerprint density at radius 1 is 1.32 bits per heavy atom. The quantitative estimate of drug-likeness (QED) is 0.831. The fourth-order valence-corrected chi connectivity index (χ4v) is 4.36. The second-order valence-corrected chi connectivity index (χ2v) is 7.34. The molecule has 1 aromatic rings. The average Bonchev–Trinajstić information content (AvgIpc) is 2.24. The van der Waals surface area contributed by atoms with Crippen molar-refractivity contribution < 1.29 is 17.9 Å². The number of aryl methyl sites for hydroxylation is 1. The van der Waals surface area contributed by atoms with Crippen molar-refractivity contribution >= 4 is 10.0 Å². The van der Waals surface area contributed by atoms with Crippen LogP contribution in [0.1, 0.15) is 5.56 Å². The second kappa shape index (κ2) is 4.19. The van der Waals surface area contributed by atoms with Gasteiger partial charge >= 0.3 is 0 Å². The van der Waals surface area contributed by atoms with Crippen molar-refractivity contribution in [3.8, 4) is 5.75 Å². The normalized spacial score (nSPS) is 21.8. The molecule has 2 aliphatic heterocycles. The number of benzene rings is 1. The standard InChI is InChI=1S/C13H17NO4S/c1-10-5-11(3-4-12(10)17-2)19(15,16)14-6-13(7-14)8-18-9-13/h3-5H,6-9H2,1-2H3. The first-order valence-electron chi connectivity index (χ1n) is 6.19. The molecule has 104 valence electrons. The van der Waals surface area contributed by atoms with Gasteiger partial charge in [-0.25, -0.2) is 8.42 Å². The Morgan fingerprint density at radius 2 is 2.00 bits per heavy atom. The molecule has 0 saturated carbocycles. The van der Waals surface area contributed by atoms with Crippen LogP contribution in [0.3, 0.4) is 0 Å². The molecule has 1 spiro atoms. The largest absolute Gasteiger partial charge is 0.496 e. The van der Waals surface area contributed by atoms with Crippen LogP contribution in [0.4, 0.5) is 0 Å². The van der Waals surface area contributed by atoms with E-state index < -0.39 is 10.0 Å². The van der Waals surface area contributed by atoms with Crippen LogP contribution in [-0.4, -0.2) is 46.1 Å². The van der Waals surface area contributed by atoms with Crippen LogP contribution in [0, 0.1) is 12.3 Å². The minimum atomic E-state index is -3.37. The first-order valence-corrected chi connectivity index (χ1v) is 7.63. The lowest BCUT2D eigenvalue weighted by Crippen LogP contribution is -2.66. The molecule has 2 saturated heterocycles. The van der Waals surface area contributed by atoms with Crippen molar-refractivity contribution in [2.24, 2.45) is 5.41 Å². The topological polar surface area (TPSA) is 55.8 Å². The van der Waals surface area contributed by atoms with Crippen LogP contribution in [0.5, 0.6) is 5.75 Å². The Kier molecular flexibility index (Phi) is 2.85. The number of rotatable bonds is 3. The lowest BCUT2D eigenvalue weighted by atomic mass is 9.80. The number of sulfonamides is 1. The molecule has 0 N–H and O–H groups in total. The van der Waals surface area contributed by atoms with Gasteiger partial charge in [-0.3, -0.25) is 0 Å². The Labute approximate surface area is 113 Å². The molecule has 0 aliphatic carbocycles. The van der Waals surface area contributed by atoms with Crippen molar-refractivity contribution in [1.29, 1.82) is 0 Å². The van der Waals surface area contributed by atoms with E-state index in [0.717, 1.165) is 5.56 Å². The summed E-state index contributed by atoms with van der Waals surface area (Å²) in [6, 6.07) is 4.96. The summed E-state index contributed by atoms with van der Waals surface area (Å²) in [7, 11) is -1.80. The zero-order chi connectivity index (χ0) is 13.7. The van der Waals surface area contributed by atoms with E-state index in [4.69, 9.17) is 9.47 Å². The molecule has 0 amide bonds. The van der Waals surface area contributed by atoms with Gasteiger partial charge in [0.1, 0.15) is 5.75 Å². The van der Waals surface area contributed by atoms with Gasteiger partial charge in [0.25, 0.3) is 0 Å². The summed E-state index contributed by atoms with van der Waals surface area (Å²) in [5, 5.41) is 0. The van der Waals surface area contributed by atoms with Crippen molar-refractivity contribution in [3.63, 3.8) is 0 Å². The van der Waals surface area contributed by atoms with Gasteiger partial charge in [0.05, 0.1) is 25.2 Å². The first-order chi connectivity index (χ1) is 8.97. The molecule has 6 heteroatoms. The molecule has 2 heterocycles. The Bertz CT molecular complexity index is 599. The van der Waals surface area contributed by atoms with Gasteiger partial charge in [-0.2, -0.15) is 4.31 Å². The predicted molar refractivity (Wildman–Crippen MR) is 69.7 cm³/mol. The van der Waals surface area contributed by atoms with E-state index in [1.165, 1.54) is 4.31 Å². The molecule has 0 unspecified atom stereocenters. The summed E-state index contributed by atoms with van der Waals surface area (Å²) in [5.74, 6) is 0.700. The zero-order valence-corrected chi connectivity index (χ0v) is 11.9. The molecule has 1 aromatic carbocycles. The Balaban J connectivity index is 1.83. The summed E-state index contributed by atoms with van der Waals surface area (Å²) in [5.41, 5.74) is 0.917. The van der Waals surface area contributed by atoms with E-state index in [1.807, 2.05) is 6.92 Å². The molecule has 0 radical (unpaired) electrons. The molecule has 0 bridgehead atoms. The molecule has 0 aromatic heterocycles. The van der Waals surface area contributed by atoms with Crippen molar-refractivity contribution in [3.05, 3.63) is 23.8 Å². The van der Waals surface area contributed by atoms with E-state index in [-0.39, 0.29) is 5.41 Å². The highest BCUT2D eigenvalue weighted by atomic mass is 32.2. The van der Waals surface area contributed by atoms with Gasteiger partial charge < -0.3 is 9.47 Å². The average molecular weight is 283 g/mol.